The van der Waals surface area contributed by atoms with Gasteiger partial charge in [0.2, 0.25) is 0 Å². The summed E-state index contributed by atoms with van der Waals surface area (Å²) in [5, 5.41) is 9.90. The standard InChI is InChI=1S/C26H27NO5/c1-24-15-25(16-24,22(28)29)26(32-24)10-12-27(13-11-26)23(30)31-14-21-19-8-4-2-6-17(19)18-7-3-5-9-20(18)21/h2-9,21H,10-16H2,1H3,(H,28,29). The Morgan fingerprint density at radius 2 is 1.59 bits per heavy atom. The minimum Gasteiger partial charge on any atom is -0.481 e. The number of nitrogens with zero attached hydrogens (tertiary/aromatic N) is 1. The maximum absolute atomic E-state index is 12.9. The van der Waals surface area contributed by atoms with E-state index < -0.39 is 17.0 Å². The minimum absolute atomic E-state index is 0.0306. The Labute approximate surface area is 187 Å². The number of carboxylic acid groups (broad SMARTS) is 1. The number of carboxylic acids is 1. The number of benzene rings is 2. The average Bonchev–Trinajstić information content (AvgIpc) is 3.32. The Morgan fingerprint density at radius 3 is 2.16 bits per heavy atom. The topological polar surface area (TPSA) is 76.1 Å². The highest BCUT2D eigenvalue weighted by molar-refractivity contribution is 5.80. The largest absolute Gasteiger partial charge is 0.481 e. The maximum Gasteiger partial charge on any atom is 0.409 e. The fourth-order valence-electron chi connectivity index (χ4n) is 6.85. The lowest BCUT2D eigenvalue weighted by atomic mass is 9.54. The summed E-state index contributed by atoms with van der Waals surface area (Å²) >= 11 is 0. The SMILES string of the molecule is CC12CC(C(=O)O)(C1)C1(CCN(C(=O)OCC3c4ccccc4-c4ccccc43)CC1)O2. The molecule has 2 aromatic rings. The number of likely N-dealkylation sites (tertiary alicyclic amines) is 1. The number of hydrogen-bond acceptors (Lipinski definition) is 4. The monoisotopic (exact) mass is 433 g/mol. The Balaban J connectivity index is 1.13. The van der Waals surface area contributed by atoms with Gasteiger partial charge in [0, 0.05) is 19.0 Å². The van der Waals surface area contributed by atoms with Gasteiger partial charge >= 0.3 is 12.1 Å². The molecule has 4 fully saturated rings. The molecule has 32 heavy (non-hydrogen) atoms. The third-order valence-corrected chi connectivity index (χ3v) is 8.24. The predicted molar refractivity (Wildman–Crippen MR) is 117 cm³/mol. The van der Waals surface area contributed by atoms with Gasteiger partial charge in [0.1, 0.15) is 12.0 Å². The number of aliphatic carboxylic acids is 1. The molecule has 1 saturated carbocycles. The molecule has 5 aliphatic rings. The van der Waals surface area contributed by atoms with Crippen LogP contribution in [-0.4, -0.2) is 53.0 Å². The highest BCUT2D eigenvalue weighted by atomic mass is 16.6. The van der Waals surface area contributed by atoms with Crippen molar-refractivity contribution in [2.75, 3.05) is 19.7 Å². The van der Waals surface area contributed by atoms with E-state index in [1.54, 1.807) is 4.90 Å². The molecule has 2 aliphatic carbocycles. The Bertz CT molecular complexity index is 1070. The van der Waals surface area contributed by atoms with Crippen molar-refractivity contribution in [2.24, 2.45) is 5.41 Å². The van der Waals surface area contributed by atoms with Gasteiger partial charge in [-0.1, -0.05) is 48.5 Å². The van der Waals surface area contributed by atoms with Gasteiger partial charge in [-0.2, -0.15) is 0 Å². The zero-order chi connectivity index (χ0) is 22.1. The van der Waals surface area contributed by atoms with Crippen molar-refractivity contribution in [3.63, 3.8) is 0 Å². The predicted octanol–water partition coefficient (Wildman–Crippen LogP) is 4.42. The van der Waals surface area contributed by atoms with Crippen LogP contribution in [0.15, 0.2) is 48.5 Å². The molecule has 1 N–H and O–H groups in total. The summed E-state index contributed by atoms with van der Waals surface area (Å²) in [6.45, 7) is 3.21. The summed E-state index contributed by atoms with van der Waals surface area (Å²) in [6, 6.07) is 16.6. The second-order valence-corrected chi connectivity index (χ2v) is 10.1. The third-order valence-electron chi connectivity index (χ3n) is 8.24. The van der Waals surface area contributed by atoms with Crippen LogP contribution in [-0.2, 0) is 14.3 Å². The molecule has 3 heterocycles. The average molecular weight is 434 g/mol. The second kappa shape index (κ2) is 6.58. The first kappa shape index (κ1) is 19.8. The van der Waals surface area contributed by atoms with Crippen molar-refractivity contribution >= 4 is 12.1 Å². The highest BCUT2D eigenvalue weighted by Gasteiger charge is 2.76. The molecule has 0 atom stereocenters. The zero-order valence-electron chi connectivity index (χ0n) is 18.2. The molecule has 2 bridgehead atoms. The molecule has 0 radical (unpaired) electrons. The number of piperidine rings is 1. The Hall–Kier alpha value is -2.86. The summed E-state index contributed by atoms with van der Waals surface area (Å²) < 4.78 is 12.1. The molecule has 7 rings (SSSR count). The third kappa shape index (κ3) is 2.56. The molecule has 0 unspecified atom stereocenters. The molecule has 0 aromatic heterocycles. The van der Waals surface area contributed by atoms with Crippen LogP contribution < -0.4 is 0 Å². The van der Waals surface area contributed by atoms with Crippen LogP contribution in [0.2, 0.25) is 0 Å². The van der Waals surface area contributed by atoms with E-state index >= 15 is 0 Å². The van der Waals surface area contributed by atoms with E-state index in [0.29, 0.717) is 45.4 Å². The van der Waals surface area contributed by atoms with Crippen LogP contribution >= 0.6 is 0 Å². The molecule has 2 aromatic carbocycles. The quantitative estimate of drug-likeness (QED) is 0.775. The summed E-state index contributed by atoms with van der Waals surface area (Å²) in [6.07, 6.45) is 1.89. The number of amides is 1. The van der Waals surface area contributed by atoms with Crippen molar-refractivity contribution in [2.45, 2.75) is 49.7 Å². The lowest BCUT2D eigenvalue weighted by molar-refractivity contribution is -0.160. The Morgan fingerprint density at radius 1 is 1.03 bits per heavy atom. The van der Waals surface area contributed by atoms with Gasteiger partial charge in [-0.3, -0.25) is 4.79 Å². The van der Waals surface area contributed by atoms with Crippen molar-refractivity contribution < 1.29 is 24.2 Å². The lowest BCUT2D eigenvalue weighted by Gasteiger charge is -2.46. The maximum atomic E-state index is 12.9. The van der Waals surface area contributed by atoms with Crippen LogP contribution in [0.25, 0.3) is 11.1 Å². The van der Waals surface area contributed by atoms with Crippen molar-refractivity contribution in [1.82, 2.24) is 4.90 Å². The van der Waals surface area contributed by atoms with Crippen molar-refractivity contribution in [3.05, 3.63) is 59.7 Å². The summed E-state index contributed by atoms with van der Waals surface area (Å²) in [7, 11) is 0. The molecule has 1 amide bonds. The minimum atomic E-state index is -0.797. The van der Waals surface area contributed by atoms with Crippen LogP contribution in [0.5, 0.6) is 0 Å². The number of ether oxygens (including phenoxy) is 2. The smallest absolute Gasteiger partial charge is 0.409 e. The number of fused-ring (bicyclic) bond motifs is 3. The van der Waals surface area contributed by atoms with Gasteiger partial charge in [0.05, 0.1) is 11.2 Å². The van der Waals surface area contributed by atoms with Gasteiger partial charge < -0.3 is 19.5 Å². The van der Waals surface area contributed by atoms with E-state index in [9.17, 15) is 14.7 Å². The molecule has 3 aliphatic heterocycles. The van der Waals surface area contributed by atoms with E-state index in [0.717, 1.165) is 0 Å². The van der Waals surface area contributed by atoms with Crippen LogP contribution in [0, 0.1) is 5.41 Å². The van der Waals surface area contributed by atoms with E-state index in [2.05, 4.69) is 24.3 Å². The van der Waals surface area contributed by atoms with Crippen LogP contribution in [0.3, 0.4) is 0 Å². The first-order chi connectivity index (χ1) is 15.4. The Kier molecular flexibility index (Phi) is 4.07. The number of carbonyl (C=O) groups excluding carboxylic acids is 1. The normalized spacial score (nSPS) is 29.3. The van der Waals surface area contributed by atoms with Gasteiger partial charge in [-0.15, -0.1) is 0 Å². The first-order valence-electron chi connectivity index (χ1n) is 11.4. The van der Waals surface area contributed by atoms with Crippen molar-refractivity contribution in [1.29, 1.82) is 0 Å². The fraction of sp³-hybridized carbons (Fsp3) is 0.462. The van der Waals surface area contributed by atoms with Crippen LogP contribution in [0.1, 0.15) is 49.7 Å². The number of hydrogen-bond donors (Lipinski definition) is 1. The molecule has 6 nitrogen and oxygen atoms in total. The molecular weight excluding hydrogens is 406 g/mol. The lowest BCUT2D eigenvalue weighted by Crippen LogP contribution is -2.58. The van der Waals surface area contributed by atoms with E-state index in [1.165, 1.54) is 22.3 Å². The van der Waals surface area contributed by atoms with E-state index in [4.69, 9.17) is 9.47 Å². The van der Waals surface area contributed by atoms with E-state index in [-0.39, 0.29) is 17.6 Å². The molecule has 1 spiro atoms. The van der Waals surface area contributed by atoms with Crippen LogP contribution in [0.4, 0.5) is 4.79 Å². The highest BCUT2D eigenvalue weighted by Crippen LogP contribution is 2.69. The summed E-state index contributed by atoms with van der Waals surface area (Å²) in [5.74, 6) is -0.731. The molecule has 6 heteroatoms. The van der Waals surface area contributed by atoms with Crippen molar-refractivity contribution in [3.8, 4) is 11.1 Å². The van der Waals surface area contributed by atoms with Gasteiger partial charge in [-0.25, -0.2) is 4.79 Å². The summed E-state index contributed by atoms with van der Waals surface area (Å²) in [5.41, 5.74) is 3.00. The summed E-state index contributed by atoms with van der Waals surface area (Å²) in [4.78, 5) is 26.7. The number of carbonyl (C=O) groups is 2. The van der Waals surface area contributed by atoms with Gasteiger partial charge in [0.15, 0.2) is 0 Å². The molecule has 166 valence electrons. The molecular formula is C26H27NO5. The fourth-order valence-corrected chi connectivity index (χ4v) is 6.85. The number of rotatable bonds is 3. The molecule has 3 saturated heterocycles. The van der Waals surface area contributed by atoms with Gasteiger partial charge in [0.25, 0.3) is 0 Å². The van der Waals surface area contributed by atoms with E-state index in [1.807, 2.05) is 31.2 Å². The zero-order valence-corrected chi connectivity index (χ0v) is 18.2. The first-order valence-corrected chi connectivity index (χ1v) is 11.4. The van der Waals surface area contributed by atoms with Gasteiger partial charge in [-0.05, 0) is 54.9 Å². The second-order valence-electron chi connectivity index (χ2n) is 10.1.